The van der Waals surface area contributed by atoms with Crippen molar-refractivity contribution < 1.29 is 4.79 Å². The largest absolute Gasteiger partial charge is 0.290 e. The first-order valence-electron chi connectivity index (χ1n) is 7.82. The zero-order valence-corrected chi connectivity index (χ0v) is 13.7. The van der Waals surface area contributed by atoms with Crippen LogP contribution in [0.3, 0.4) is 0 Å². The summed E-state index contributed by atoms with van der Waals surface area (Å²) in [4.78, 5) is 20.8. The first kappa shape index (κ1) is 15.8. The van der Waals surface area contributed by atoms with E-state index in [1.54, 1.807) is 12.2 Å². The van der Waals surface area contributed by atoms with Gasteiger partial charge in [-0.15, -0.1) is 0 Å². The van der Waals surface area contributed by atoms with Gasteiger partial charge in [-0.25, -0.2) is 9.98 Å². The van der Waals surface area contributed by atoms with E-state index in [-0.39, 0.29) is 5.78 Å². The SMILES string of the molecule is Cc1cccc(C)c1N=C(N=C1C=CC(=O)C=C1)c1ccccc1. The minimum Gasteiger partial charge on any atom is -0.290 e. The number of para-hydroxylation sites is 1. The molecule has 1 aliphatic carbocycles. The molecule has 3 rings (SSSR count). The summed E-state index contributed by atoms with van der Waals surface area (Å²) in [7, 11) is 0. The second kappa shape index (κ2) is 7.01. The summed E-state index contributed by atoms with van der Waals surface area (Å²) in [6.45, 7) is 4.08. The van der Waals surface area contributed by atoms with Gasteiger partial charge >= 0.3 is 0 Å². The maximum Gasteiger partial charge on any atom is 0.178 e. The number of carbonyl (C=O) groups is 1. The Bertz CT molecular complexity index is 849. The Labute approximate surface area is 141 Å². The fourth-order valence-corrected chi connectivity index (χ4v) is 2.47. The smallest absolute Gasteiger partial charge is 0.178 e. The quantitative estimate of drug-likeness (QED) is 0.456. The first-order valence-corrected chi connectivity index (χ1v) is 7.82. The van der Waals surface area contributed by atoms with Crippen LogP contribution < -0.4 is 0 Å². The van der Waals surface area contributed by atoms with Gasteiger partial charge in [-0.05, 0) is 49.3 Å². The monoisotopic (exact) mass is 314 g/mol. The standard InChI is InChI=1S/C21H18N2O/c1-15-7-6-8-16(2)20(15)23-21(17-9-4-3-5-10-17)22-18-11-13-19(24)14-12-18/h3-14H,1-2H3. The minimum absolute atomic E-state index is 0.0260. The molecule has 0 spiro atoms. The van der Waals surface area contributed by atoms with Gasteiger partial charge < -0.3 is 0 Å². The van der Waals surface area contributed by atoms with Crippen LogP contribution in [0.5, 0.6) is 0 Å². The van der Waals surface area contributed by atoms with Crippen LogP contribution in [-0.4, -0.2) is 17.3 Å². The lowest BCUT2D eigenvalue weighted by molar-refractivity contribution is -0.110. The fourth-order valence-electron chi connectivity index (χ4n) is 2.47. The van der Waals surface area contributed by atoms with Crippen LogP contribution in [0.2, 0.25) is 0 Å². The van der Waals surface area contributed by atoms with Crippen LogP contribution in [0.25, 0.3) is 0 Å². The Kier molecular flexibility index (Phi) is 4.62. The number of rotatable bonds is 2. The molecule has 0 bridgehead atoms. The van der Waals surface area contributed by atoms with E-state index in [1.165, 1.54) is 12.2 Å². The van der Waals surface area contributed by atoms with E-state index in [0.29, 0.717) is 11.5 Å². The van der Waals surface area contributed by atoms with Crippen molar-refractivity contribution in [3.63, 3.8) is 0 Å². The van der Waals surface area contributed by atoms with Gasteiger partial charge in [0.2, 0.25) is 0 Å². The lowest BCUT2D eigenvalue weighted by Gasteiger charge is -2.08. The first-order chi connectivity index (χ1) is 11.6. The van der Waals surface area contributed by atoms with E-state index >= 15 is 0 Å². The number of hydrogen-bond acceptors (Lipinski definition) is 2. The summed E-state index contributed by atoms with van der Waals surface area (Å²) < 4.78 is 0. The molecular formula is C21H18N2O. The number of aryl methyl sites for hydroxylation is 2. The van der Waals surface area contributed by atoms with E-state index in [1.807, 2.05) is 62.4 Å². The molecule has 0 heterocycles. The summed E-state index contributed by atoms with van der Waals surface area (Å²) in [5, 5.41) is 0. The Hall–Kier alpha value is -3.07. The van der Waals surface area contributed by atoms with Crippen molar-refractivity contribution in [3.8, 4) is 0 Å². The molecule has 2 aromatic carbocycles. The Balaban J connectivity index is 2.12. The zero-order chi connectivity index (χ0) is 16.9. The normalized spacial score (nSPS) is 14.2. The van der Waals surface area contributed by atoms with Crippen LogP contribution in [0.4, 0.5) is 5.69 Å². The van der Waals surface area contributed by atoms with Crippen LogP contribution in [-0.2, 0) is 4.79 Å². The second-order valence-corrected chi connectivity index (χ2v) is 5.65. The lowest BCUT2D eigenvalue weighted by atomic mass is 10.1. The van der Waals surface area contributed by atoms with Gasteiger partial charge in [-0.2, -0.15) is 0 Å². The highest BCUT2D eigenvalue weighted by Gasteiger charge is 2.08. The van der Waals surface area contributed by atoms with Crippen molar-refractivity contribution in [1.29, 1.82) is 0 Å². The number of ketones is 1. The van der Waals surface area contributed by atoms with Crippen molar-refractivity contribution in [2.24, 2.45) is 9.98 Å². The predicted molar refractivity (Wildman–Crippen MR) is 99.3 cm³/mol. The van der Waals surface area contributed by atoms with Crippen LogP contribution in [0.15, 0.2) is 82.8 Å². The number of carbonyl (C=O) groups excluding carboxylic acids is 1. The summed E-state index contributed by atoms with van der Waals surface area (Å²) in [5.74, 6) is 0.605. The van der Waals surface area contributed by atoms with E-state index in [4.69, 9.17) is 4.99 Å². The van der Waals surface area contributed by atoms with Gasteiger partial charge in [0, 0.05) is 5.56 Å². The molecule has 0 unspecified atom stereocenters. The Morgan fingerprint density at radius 1 is 0.792 bits per heavy atom. The molecule has 0 saturated carbocycles. The Morgan fingerprint density at radius 3 is 2.04 bits per heavy atom. The molecule has 0 aliphatic heterocycles. The number of nitrogens with zero attached hydrogens (tertiary/aromatic N) is 2. The number of amidine groups is 1. The fraction of sp³-hybridized carbons (Fsp3) is 0.0952. The Morgan fingerprint density at radius 2 is 1.42 bits per heavy atom. The molecule has 2 aromatic rings. The maximum atomic E-state index is 11.3. The number of hydrogen-bond donors (Lipinski definition) is 0. The number of allylic oxidation sites excluding steroid dienone is 4. The highest BCUT2D eigenvalue weighted by Crippen LogP contribution is 2.24. The number of benzene rings is 2. The van der Waals surface area contributed by atoms with Crippen molar-refractivity contribution in [2.45, 2.75) is 13.8 Å². The van der Waals surface area contributed by atoms with E-state index in [9.17, 15) is 4.79 Å². The molecule has 0 radical (unpaired) electrons. The zero-order valence-electron chi connectivity index (χ0n) is 13.7. The lowest BCUT2D eigenvalue weighted by Crippen LogP contribution is -2.05. The van der Waals surface area contributed by atoms with Gasteiger partial charge in [0.15, 0.2) is 11.6 Å². The van der Waals surface area contributed by atoms with E-state index < -0.39 is 0 Å². The van der Waals surface area contributed by atoms with E-state index in [0.717, 1.165) is 22.4 Å². The molecule has 0 saturated heterocycles. The molecule has 0 N–H and O–H groups in total. The summed E-state index contributed by atoms with van der Waals surface area (Å²) in [5.41, 5.74) is 4.79. The predicted octanol–water partition coefficient (Wildman–Crippen LogP) is 4.52. The van der Waals surface area contributed by atoms with Gasteiger partial charge in [0.25, 0.3) is 0 Å². The molecule has 0 atom stereocenters. The van der Waals surface area contributed by atoms with Crippen molar-refractivity contribution in [1.82, 2.24) is 0 Å². The topological polar surface area (TPSA) is 41.8 Å². The number of aliphatic imine (C=N–C) groups is 2. The molecule has 0 fully saturated rings. The highest BCUT2D eigenvalue weighted by atomic mass is 16.1. The van der Waals surface area contributed by atoms with Crippen LogP contribution in [0.1, 0.15) is 16.7 Å². The molecule has 118 valence electrons. The third-order valence-electron chi connectivity index (χ3n) is 3.76. The van der Waals surface area contributed by atoms with Gasteiger partial charge in [0.05, 0.1) is 11.4 Å². The summed E-state index contributed by atoms with van der Waals surface area (Å²) in [6, 6.07) is 16.0. The average Bonchev–Trinajstić information content (AvgIpc) is 2.60. The van der Waals surface area contributed by atoms with Crippen LogP contribution >= 0.6 is 0 Å². The van der Waals surface area contributed by atoms with Crippen molar-refractivity contribution in [3.05, 3.63) is 89.5 Å². The average molecular weight is 314 g/mol. The molecule has 24 heavy (non-hydrogen) atoms. The molecule has 3 nitrogen and oxygen atoms in total. The molecule has 3 heteroatoms. The van der Waals surface area contributed by atoms with Crippen LogP contribution in [0, 0.1) is 13.8 Å². The second-order valence-electron chi connectivity index (χ2n) is 5.65. The van der Waals surface area contributed by atoms with Gasteiger partial charge in [-0.1, -0.05) is 48.5 Å². The van der Waals surface area contributed by atoms with Gasteiger partial charge in [-0.3, -0.25) is 4.79 Å². The summed E-state index contributed by atoms with van der Waals surface area (Å²) >= 11 is 0. The minimum atomic E-state index is -0.0260. The highest BCUT2D eigenvalue weighted by molar-refractivity contribution is 6.21. The van der Waals surface area contributed by atoms with Crippen molar-refractivity contribution in [2.75, 3.05) is 0 Å². The summed E-state index contributed by atoms with van der Waals surface area (Å²) in [6.07, 6.45) is 6.46. The van der Waals surface area contributed by atoms with Gasteiger partial charge in [0.1, 0.15) is 0 Å². The molecular weight excluding hydrogens is 296 g/mol. The van der Waals surface area contributed by atoms with Crippen molar-refractivity contribution >= 4 is 23.0 Å². The van der Waals surface area contributed by atoms with E-state index in [2.05, 4.69) is 4.99 Å². The third-order valence-corrected chi connectivity index (χ3v) is 3.76. The maximum absolute atomic E-state index is 11.3. The molecule has 0 amide bonds. The molecule has 0 aromatic heterocycles. The third kappa shape index (κ3) is 3.63. The molecule has 1 aliphatic rings.